The minimum atomic E-state index is -0.936. The van der Waals surface area contributed by atoms with Gasteiger partial charge in [-0.15, -0.1) is 0 Å². The number of carbonyl (C=O) groups excluding carboxylic acids is 3. The normalized spacial score (nSPS) is 16.2. The lowest BCUT2D eigenvalue weighted by Crippen LogP contribution is -2.40. The summed E-state index contributed by atoms with van der Waals surface area (Å²) in [6.45, 7) is 1.40. The third-order valence-electron chi connectivity index (χ3n) is 5.35. The van der Waals surface area contributed by atoms with Crippen LogP contribution < -0.4 is 5.32 Å². The predicted molar refractivity (Wildman–Crippen MR) is 108 cm³/mol. The van der Waals surface area contributed by atoms with E-state index in [4.69, 9.17) is 0 Å². The minimum absolute atomic E-state index is 0.0695. The summed E-state index contributed by atoms with van der Waals surface area (Å²) in [4.78, 5) is 37.4. The second-order valence-electron chi connectivity index (χ2n) is 7.56. The van der Waals surface area contributed by atoms with Crippen molar-refractivity contribution >= 4 is 18.1 Å². The maximum absolute atomic E-state index is 13.2. The summed E-state index contributed by atoms with van der Waals surface area (Å²) < 4.78 is 26.2. The van der Waals surface area contributed by atoms with Crippen molar-refractivity contribution in [1.82, 2.24) is 10.2 Å². The van der Waals surface area contributed by atoms with Gasteiger partial charge in [0.2, 0.25) is 5.91 Å². The summed E-state index contributed by atoms with van der Waals surface area (Å²) in [5, 5.41) is 2.72. The molecule has 158 valence electrons. The molecule has 5 nitrogen and oxygen atoms in total. The van der Waals surface area contributed by atoms with Crippen LogP contribution in [-0.4, -0.2) is 36.1 Å². The molecule has 1 aliphatic heterocycles. The Morgan fingerprint density at radius 3 is 2.57 bits per heavy atom. The van der Waals surface area contributed by atoms with Gasteiger partial charge in [0.25, 0.3) is 5.91 Å². The van der Waals surface area contributed by atoms with E-state index < -0.39 is 11.6 Å². The standard InChI is InChI=1S/C23H24F2N2O3/c24-20-9-5-18(12-21(20)25)13-26-22(29)10-6-16-2-1-11-27(14-16)23(30)19-7-3-17(15-28)4-8-19/h3-5,7-9,12,15-16H,1-2,6,10-11,13-14H2,(H,26,29)/t16-/m0/s1. The van der Waals surface area contributed by atoms with E-state index in [0.29, 0.717) is 42.6 Å². The van der Waals surface area contributed by atoms with Gasteiger partial charge in [0.15, 0.2) is 11.6 Å². The highest BCUT2D eigenvalue weighted by molar-refractivity contribution is 5.95. The number of halogens is 2. The molecule has 0 unspecified atom stereocenters. The number of amides is 2. The number of carbonyl (C=O) groups is 3. The Bertz CT molecular complexity index is 915. The Kier molecular flexibility index (Phi) is 7.27. The van der Waals surface area contributed by atoms with Gasteiger partial charge in [-0.3, -0.25) is 14.4 Å². The molecule has 0 aliphatic carbocycles. The van der Waals surface area contributed by atoms with Gasteiger partial charge >= 0.3 is 0 Å². The van der Waals surface area contributed by atoms with E-state index in [1.54, 1.807) is 29.2 Å². The molecule has 0 saturated carbocycles. The van der Waals surface area contributed by atoms with Crippen LogP contribution in [0.4, 0.5) is 8.78 Å². The van der Waals surface area contributed by atoms with E-state index in [1.165, 1.54) is 6.07 Å². The number of aldehydes is 1. The van der Waals surface area contributed by atoms with E-state index in [2.05, 4.69) is 5.32 Å². The molecular weight excluding hydrogens is 390 g/mol. The van der Waals surface area contributed by atoms with E-state index in [9.17, 15) is 23.2 Å². The molecule has 1 atom stereocenters. The minimum Gasteiger partial charge on any atom is -0.352 e. The zero-order valence-electron chi connectivity index (χ0n) is 16.6. The van der Waals surface area contributed by atoms with E-state index >= 15 is 0 Å². The van der Waals surface area contributed by atoms with Gasteiger partial charge in [-0.2, -0.15) is 0 Å². The lowest BCUT2D eigenvalue weighted by atomic mass is 9.92. The van der Waals surface area contributed by atoms with Gasteiger partial charge in [0.05, 0.1) is 0 Å². The number of rotatable bonds is 7. The smallest absolute Gasteiger partial charge is 0.253 e. The van der Waals surface area contributed by atoms with E-state index in [1.807, 2.05) is 0 Å². The number of nitrogens with zero attached hydrogens (tertiary/aromatic N) is 1. The van der Waals surface area contributed by atoms with Crippen molar-refractivity contribution in [2.24, 2.45) is 5.92 Å². The highest BCUT2D eigenvalue weighted by atomic mass is 19.2. The van der Waals surface area contributed by atoms with E-state index in [-0.39, 0.29) is 24.3 Å². The van der Waals surface area contributed by atoms with Crippen LogP contribution in [0.25, 0.3) is 0 Å². The molecule has 1 heterocycles. The van der Waals surface area contributed by atoms with Crippen molar-refractivity contribution in [1.29, 1.82) is 0 Å². The van der Waals surface area contributed by atoms with Crippen LogP contribution in [0.5, 0.6) is 0 Å². The molecule has 0 aromatic heterocycles. The first-order valence-electron chi connectivity index (χ1n) is 10.0. The van der Waals surface area contributed by atoms with Crippen LogP contribution in [0.1, 0.15) is 52.0 Å². The topological polar surface area (TPSA) is 66.5 Å². The lowest BCUT2D eigenvalue weighted by Gasteiger charge is -2.33. The van der Waals surface area contributed by atoms with Crippen molar-refractivity contribution in [2.75, 3.05) is 13.1 Å². The van der Waals surface area contributed by atoms with Crippen molar-refractivity contribution in [3.63, 3.8) is 0 Å². The number of piperidine rings is 1. The van der Waals surface area contributed by atoms with Gasteiger partial charge in [0, 0.05) is 37.2 Å². The zero-order valence-corrected chi connectivity index (χ0v) is 16.6. The average molecular weight is 414 g/mol. The van der Waals surface area contributed by atoms with E-state index in [0.717, 1.165) is 31.3 Å². The Morgan fingerprint density at radius 2 is 1.87 bits per heavy atom. The highest BCUT2D eigenvalue weighted by Crippen LogP contribution is 2.22. The molecular formula is C23H24F2N2O3. The zero-order chi connectivity index (χ0) is 21.5. The van der Waals surface area contributed by atoms with Gasteiger partial charge in [-0.05, 0) is 55.0 Å². The largest absolute Gasteiger partial charge is 0.352 e. The Labute approximate surface area is 174 Å². The van der Waals surface area contributed by atoms with Gasteiger partial charge in [-0.25, -0.2) is 8.78 Å². The number of hydrogen-bond donors (Lipinski definition) is 1. The van der Waals surface area contributed by atoms with Crippen LogP contribution in [0.3, 0.4) is 0 Å². The summed E-state index contributed by atoms with van der Waals surface area (Å²) >= 11 is 0. The van der Waals surface area contributed by atoms with Crippen LogP contribution in [0.15, 0.2) is 42.5 Å². The predicted octanol–water partition coefficient (Wildman–Crippen LogP) is 3.73. The first kappa shape index (κ1) is 21.6. The van der Waals surface area contributed by atoms with Crippen molar-refractivity contribution in [3.05, 3.63) is 70.8 Å². The monoisotopic (exact) mass is 414 g/mol. The number of hydrogen-bond acceptors (Lipinski definition) is 3. The fraction of sp³-hybridized carbons (Fsp3) is 0.348. The summed E-state index contributed by atoms with van der Waals surface area (Å²) in [5.74, 6) is -1.85. The average Bonchev–Trinajstić information content (AvgIpc) is 2.78. The maximum atomic E-state index is 13.2. The second kappa shape index (κ2) is 10.1. The third-order valence-corrected chi connectivity index (χ3v) is 5.35. The molecule has 7 heteroatoms. The summed E-state index contributed by atoms with van der Waals surface area (Å²) in [5.41, 5.74) is 1.57. The van der Waals surface area contributed by atoms with Gasteiger partial charge in [0.1, 0.15) is 6.29 Å². The first-order chi connectivity index (χ1) is 14.5. The molecule has 30 heavy (non-hydrogen) atoms. The molecule has 0 radical (unpaired) electrons. The maximum Gasteiger partial charge on any atom is 0.253 e. The fourth-order valence-electron chi connectivity index (χ4n) is 3.65. The van der Waals surface area contributed by atoms with Crippen LogP contribution in [-0.2, 0) is 11.3 Å². The lowest BCUT2D eigenvalue weighted by molar-refractivity contribution is -0.121. The Hall–Kier alpha value is -3.09. The van der Waals surface area contributed by atoms with Crippen molar-refractivity contribution < 1.29 is 23.2 Å². The van der Waals surface area contributed by atoms with Crippen molar-refractivity contribution in [3.8, 4) is 0 Å². The van der Waals surface area contributed by atoms with Crippen LogP contribution >= 0.6 is 0 Å². The van der Waals surface area contributed by atoms with Crippen LogP contribution in [0.2, 0.25) is 0 Å². The summed E-state index contributed by atoms with van der Waals surface area (Å²) in [6.07, 6.45) is 3.52. The number of nitrogens with one attached hydrogen (secondary N) is 1. The molecule has 1 N–H and O–H groups in total. The fourth-order valence-corrected chi connectivity index (χ4v) is 3.65. The molecule has 0 bridgehead atoms. The molecule has 2 aromatic carbocycles. The van der Waals surface area contributed by atoms with Gasteiger partial charge in [-0.1, -0.05) is 18.2 Å². The number of benzene rings is 2. The highest BCUT2D eigenvalue weighted by Gasteiger charge is 2.24. The Morgan fingerprint density at radius 1 is 1.10 bits per heavy atom. The van der Waals surface area contributed by atoms with Crippen LogP contribution in [0, 0.1) is 17.6 Å². The number of likely N-dealkylation sites (tertiary alicyclic amines) is 1. The molecule has 3 rings (SSSR count). The van der Waals surface area contributed by atoms with Crippen molar-refractivity contribution in [2.45, 2.75) is 32.2 Å². The summed E-state index contributed by atoms with van der Waals surface area (Å²) in [7, 11) is 0. The molecule has 1 aliphatic rings. The second-order valence-corrected chi connectivity index (χ2v) is 7.56. The van der Waals surface area contributed by atoms with Gasteiger partial charge < -0.3 is 10.2 Å². The Balaban J connectivity index is 1.45. The molecule has 2 amide bonds. The molecule has 2 aromatic rings. The molecule has 1 saturated heterocycles. The quantitative estimate of drug-likeness (QED) is 0.702. The third kappa shape index (κ3) is 5.72. The summed E-state index contributed by atoms with van der Waals surface area (Å²) in [6, 6.07) is 10.1. The molecule has 1 fully saturated rings. The molecule has 0 spiro atoms. The first-order valence-corrected chi connectivity index (χ1v) is 10.0. The SMILES string of the molecule is O=Cc1ccc(C(=O)N2CCC[C@@H](CCC(=O)NCc3ccc(F)c(F)c3)C2)cc1.